The molecule has 92 valence electrons. The topological polar surface area (TPSA) is 42.0 Å². The largest absolute Gasteiger partial charge is 0.306 e. The van der Waals surface area contributed by atoms with Crippen molar-refractivity contribution >= 4 is 11.7 Å². The van der Waals surface area contributed by atoms with E-state index in [-0.39, 0.29) is 5.56 Å². The number of carbonyl (C=O) groups is 1. The third kappa shape index (κ3) is 2.51. The van der Waals surface area contributed by atoms with Crippen molar-refractivity contribution in [3.63, 3.8) is 0 Å². The lowest BCUT2D eigenvalue weighted by molar-refractivity contribution is 0.102. The minimum atomic E-state index is -0.902. The average molecular weight is 248 g/mol. The molecule has 0 aliphatic heterocycles. The lowest BCUT2D eigenvalue weighted by Crippen LogP contribution is -2.15. The van der Waals surface area contributed by atoms with Crippen molar-refractivity contribution in [2.45, 2.75) is 6.92 Å². The molecule has 1 heterocycles. The van der Waals surface area contributed by atoms with Crippen LogP contribution in [-0.2, 0) is 0 Å². The lowest BCUT2D eigenvalue weighted by atomic mass is 10.2. The predicted molar refractivity (Wildman–Crippen MR) is 63.3 cm³/mol. The standard InChI is InChI=1S/C13H10F2N2O/c1-8-3-2-6-16-12(8)17-13(18)10-5-4-9(14)7-11(10)15/h2-7H,1H3,(H,16,17,18). The molecule has 0 spiro atoms. The maximum absolute atomic E-state index is 13.4. The van der Waals surface area contributed by atoms with Gasteiger partial charge in [-0.15, -0.1) is 0 Å². The van der Waals surface area contributed by atoms with E-state index in [2.05, 4.69) is 10.3 Å². The summed E-state index contributed by atoms with van der Waals surface area (Å²) >= 11 is 0. The zero-order chi connectivity index (χ0) is 13.1. The number of nitrogens with zero attached hydrogens (tertiary/aromatic N) is 1. The number of nitrogens with one attached hydrogen (secondary N) is 1. The number of aryl methyl sites for hydroxylation is 1. The molecule has 1 aromatic heterocycles. The van der Waals surface area contributed by atoms with Crippen molar-refractivity contribution < 1.29 is 13.6 Å². The Hall–Kier alpha value is -2.30. The fourth-order valence-electron chi connectivity index (χ4n) is 1.47. The fourth-order valence-corrected chi connectivity index (χ4v) is 1.47. The highest BCUT2D eigenvalue weighted by Gasteiger charge is 2.13. The third-order valence-electron chi connectivity index (χ3n) is 2.42. The van der Waals surface area contributed by atoms with Crippen molar-refractivity contribution in [1.82, 2.24) is 4.98 Å². The molecular weight excluding hydrogens is 238 g/mol. The minimum Gasteiger partial charge on any atom is -0.306 e. The van der Waals surface area contributed by atoms with Gasteiger partial charge in [0.05, 0.1) is 5.56 Å². The van der Waals surface area contributed by atoms with E-state index in [1.807, 2.05) is 0 Å². The smallest absolute Gasteiger partial charge is 0.259 e. The maximum atomic E-state index is 13.4. The summed E-state index contributed by atoms with van der Waals surface area (Å²) in [6, 6.07) is 6.29. The van der Waals surface area contributed by atoms with Gasteiger partial charge in [0.15, 0.2) is 0 Å². The SMILES string of the molecule is Cc1cccnc1NC(=O)c1ccc(F)cc1F. The second-order valence-electron chi connectivity index (χ2n) is 3.75. The molecule has 1 aromatic carbocycles. The zero-order valence-corrected chi connectivity index (χ0v) is 9.58. The number of anilines is 1. The number of halogens is 2. The number of rotatable bonds is 2. The molecule has 1 amide bonds. The number of hydrogen-bond donors (Lipinski definition) is 1. The van der Waals surface area contributed by atoms with Gasteiger partial charge in [0, 0.05) is 12.3 Å². The van der Waals surface area contributed by atoms with Gasteiger partial charge in [-0.3, -0.25) is 4.79 Å². The highest BCUT2D eigenvalue weighted by molar-refractivity contribution is 6.04. The zero-order valence-electron chi connectivity index (χ0n) is 9.58. The van der Waals surface area contributed by atoms with Crippen LogP contribution in [0.3, 0.4) is 0 Å². The molecule has 0 saturated carbocycles. The second-order valence-corrected chi connectivity index (χ2v) is 3.75. The number of benzene rings is 1. The summed E-state index contributed by atoms with van der Waals surface area (Å²) < 4.78 is 26.1. The molecule has 0 bridgehead atoms. The molecular formula is C13H10F2N2O. The summed E-state index contributed by atoms with van der Waals surface area (Å²) in [6.45, 7) is 1.77. The Bertz CT molecular complexity index is 599. The van der Waals surface area contributed by atoms with Crippen molar-refractivity contribution in [1.29, 1.82) is 0 Å². The highest BCUT2D eigenvalue weighted by atomic mass is 19.1. The Morgan fingerprint density at radius 1 is 1.28 bits per heavy atom. The monoisotopic (exact) mass is 248 g/mol. The van der Waals surface area contributed by atoms with E-state index in [0.29, 0.717) is 11.9 Å². The average Bonchev–Trinajstić information content (AvgIpc) is 2.32. The van der Waals surface area contributed by atoms with Gasteiger partial charge < -0.3 is 5.32 Å². The van der Waals surface area contributed by atoms with E-state index in [1.54, 1.807) is 19.1 Å². The molecule has 5 heteroatoms. The number of carbonyl (C=O) groups excluding carboxylic acids is 1. The van der Waals surface area contributed by atoms with Crippen LogP contribution in [0.25, 0.3) is 0 Å². The number of amides is 1. The van der Waals surface area contributed by atoms with Crippen molar-refractivity contribution in [2.24, 2.45) is 0 Å². The summed E-state index contributed by atoms with van der Waals surface area (Å²) in [6.07, 6.45) is 1.52. The molecule has 2 aromatic rings. The van der Waals surface area contributed by atoms with Gasteiger partial charge in [-0.2, -0.15) is 0 Å². The molecule has 1 N–H and O–H groups in total. The van der Waals surface area contributed by atoms with E-state index in [9.17, 15) is 13.6 Å². The highest BCUT2D eigenvalue weighted by Crippen LogP contribution is 2.14. The van der Waals surface area contributed by atoms with Gasteiger partial charge in [-0.05, 0) is 30.7 Å². The van der Waals surface area contributed by atoms with E-state index in [4.69, 9.17) is 0 Å². The summed E-state index contributed by atoms with van der Waals surface area (Å²) in [7, 11) is 0. The van der Waals surface area contributed by atoms with Crippen LogP contribution >= 0.6 is 0 Å². The van der Waals surface area contributed by atoms with Crippen molar-refractivity contribution in [3.05, 3.63) is 59.3 Å². The lowest BCUT2D eigenvalue weighted by Gasteiger charge is -2.07. The third-order valence-corrected chi connectivity index (χ3v) is 2.42. The summed E-state index contributed by atoms with van der Waals surface area (Å²) in [4.78, 5) is 15.7. The van der Waals surface area contributed by atoms with Gasteiger partial charge in [0.25, 0.3) is 5.91 Å². The number of hydrogen-bond acceptors (Lipinski definition) is 2. The first-order valence-electron chi connectivity index (χ1n) is 5.26. The van der Waals surface area contributed by atoms with E-state index in [0.717, 1.165) is 17.7 Å². The maximum Gasteiger partial charge on any atom is 0.259 e. The van der Waals surface area contributed by atoms with Gasteiger partial charge >= 0.3 is 0 Å². The van der Waals surface area contributed by atoms with Gasteiger partial charge in [-0.25, -0.2) is 13.8 Å². The number of aromatic nitrogens is 1. The Morgan fingerprint density at radius 3 is 2.72 bits per heavy atom. The van der Waals surface area contributed by atoms with Crippen LogP contribution in [0.4, 0.5) is 14.6 Å². The summed E-state index contributed by atoms with van der Waals surface area (Å²) in [5, 5.41) is 2.47. The van der Waals surface area contributed by atoms with Crippen molar-refractivity contribution in [2.75, 3.05) is 5.32 Å². The second kappa shape index (κ2) is 4.91. The molecule has 0 unspecified atom stereocenters. The molecule has 0 radical (unpaired) electrons. The first-order chi connectivity index (χ1) is 8.58. The van der Waals surface area contributed by atoms with E-state index in [1.165, 1.54) is 6.20 Å². The van der Waals surface area contributed by atoms with Gasteiger partial charge in [-0.1, -0.05) is 6.07 Å². The summed E-state index contributed by atoms with van der Waals surface area (Å²) in [5.41, 5.74) is 0.537. The van der Waals surface area contributed by atoms with Crippen LogP contribution in [0.5, 0.6) is 0 Å². The minimum absolute atomic E-state index is 0.221. The number of pyridine rings is 1. The first-order valence-corrected chi connectivity index (χ1v) is 5.26. The Balaban J connectivity index is 2.25. The quantitative estimate of drug-likeness (QED) is 0.887. The molecule has 2 rings (SSSR count). The Labute approximate surface area is 102 Å². The fraction of sp³-hybridized carbons (Fsp3) is 0.0769. The van der Waals surface area contributed by atoms with Crippen LogP contribution in [0.2, 0.25) is 0 Å². The van der Waals surface area contributed by atoms with E-state index >= 15 is 0 Å². The van der Waals surface area contributed by atoms with Crippen molar-refractivity contribution in [3.8, 4) is 0 Å². The molecule has 18 heavy (non-hydrogen) atoms. The summed E-state index contributed by atoms with van der Waals surface area (Å²) in [5.74, 6) is -1.93. The molecule has 0 aliphatic rings. The molecule has 0 aliphatic carbocycles. The Morgan fingerprint density at radius 2 is 2.06 bits per heavy atom. The van der Waals surface area contributed by atoms with Crippen LogP contribution < -0.4 is 5.32 Å². The van der Waals surface area contributed by atoms with Gasteiger partial charge in [0.1, 0.15) is 17.5 Å². The van der Waals surface area contributed by atoms with Gasteiger partial charge in [0.2, 0.25) is 0 Å². The van der Waals surface area contributed by atoms with Crippen LogP contribution in [0.15, 0.2) is 36.5 Å². The normalized spacial score (nSPS) is 10.2. The Kier molecular flexibility index (Phi) is 3.32. The predicted octanol–water partition coefficient (Wildman–Crippen LogP) is 2.92. The molecule has 0 saturated heterocycles. The molecule has 0 atom stereocenters. The molecule has 0 fully saturated rings. The molecule has 3 nitrogen and oxygen atoms in total. The van der Waals surface area contributed by atoms with E-state index < -0.39 is 17.5 Å². The van der Waals surface area contributed by atoms with Crippen LogP contribution in [-0.4, -0.2) is 10.9 Å². The van der Waals surface area contributed by atoms with Crippen LogP contribution in [0, 0.1) is 18.6 Å². The van der Waals surface area contributed by atoms with Crippen LogP contribution in [0.1, 0.15) is 15.9 Å². The first kappa shape index (κ1) is 12.2.